The molecular weight excluding hydrogens is 493 g/mol. The molecule has 0 saturated carbocycles. The molecule has 0 bridgehead atoms. The number of ether oxygens (including phenoxy) is 1. The Kier molecular flexibility index (Phi) is 7.80. The summed E-state index contributed by atoms with van der Waals surface area (Å²) < 4.78 is 19.0. The Morgan fingerprint density at radius 3 is 2.51 bits per heavy atom. The summed E-state index contributed by atoms with van der Waals surface area (Å²) in [7, 11) is 0. The number of nitriles is 1. The molecule has 0 radical (unpaired) electrons. The van der Waals surface area contributed by atoms with Gasteiger partial charge in [0.05, 0.1) is 23.5 Å². The van der Waals surface area contributed by atoms with Crippen molar-refractivity contribution in [3.63, 3.8) is 0 Å². The van der Waals surface area contributed by atoms with E-state index in [2.05, 4.69) is 26.2 Å². The third-order valence-electron chi connectivity index (χ3n) is 6.73. The van der Waals surface area contributed by atoms with Gasteiger partial charge in [-0.1, -0.05) is 30.3 Å². The molecule has 2 heterocycles. The number of pyridine rings is 1. The molecule has 1 aliphatic rings. The number of piperazine rings is 1. The normalized spacial score (nSPS) is 13.5. The summed E-state index contributed by atoms with van der Waals surface area (Å²) in [6, 6.07) is 25.3. The predicted octanol–water partition coefficient (Wildman–Crippen LogP) is 6.00. The number of carbonyl (C=O) groups is 1. The van der Waals surface area contributed by atoms with Gasteiger partial charge in [-0.25, -0.2) is 14.2 Å². The monoisotopic (exact) mass is 521 g/mol. The number of aromatic nitrogens is 1. The van der Waals surface area contributed by atoms with Gasteiger partial charge in [0.1, 0.15) is 17.4 Å². The van der Waals surface area contributed by atoms with E-state index in [4.69, 9.17) is 10.00 Å². The van der Waals surface area contributed by atoms with Crippen LogP contribution < -0.4 is 15.0 Å². The van der Waals surface area contributed by atoms with Gasteiger partial charge < -0.3 is 9.64 Å². The average molecular weight is 522 g/mol. The van der Waals surface area contributed by atoms with Gasteiger partial charge in [0.15, 0.2) is 0 Å². The molecule has 8 heteroatoms. The quantitative estimate of drug-likeness (QED) is 0.335. The lowest BCUT2D eigenvalue weighted by Gasteiger charge is -2.35. The highest BCUT2D eigenvalue weighted by atomic mass is 19.1. The van der Waals surface area contributed by atoms with E-state index in [1.54, 1.807) is 42.6 Å². The summed E-state index contributed by atoms with van der Waals surface area (Å²) >= 11 is 0. The molecule has 39 heavy (non-hydrogen) atoms. The highest BCUT2D eigenvalue weighted by Crippen LogP contribution is 2.28. The second-order valence-corrected chi connectivity index (χ2v) is 9.48. The Morgan fingerprint density at radius 1 is 1.03 bits per heavy atom. The fourth-order valence-corrected chi connectivity index (χ4v) is 4.63. The number of nitrogens with one attached hydrogen (secondary N) is 1. The molecule has 1 fully saturated rings. The van der Waals surface area contributed by atoms with Crippen LogP contribution in [0.5, 0.6) is 5.75 Å². The molecule has 1 aliphatic heterocycles. The van der Waals surface area contributed by atoms with Crippen molar-refractivity contribution < 1.29 is 13.9 Å². The predicted molar refractivity (Wildman–Crippen MR) is 149 cm³/mol. The van der Waals surface area contributed by atoms with E-state index in [1.807, 2.05) is 43.3 Å². The maximum atomic E-state index is 13.5. The number of amides is 1. The van der Waals surface area contributed by atoms with Gasteiger partial charge >= 0.3 is 6.09 Å². The first-order valence-electron chi connectivity index (χ1n) is 12.7. The highest BCUT2D eigenvalue weighted by Gasteiger charge is 2.18. The molecule has 0 atom stereocenters. The SMILES string of the molecule is Cc1ccc(OC(=O)Nc2ccc(N3CCN(Cc4cccc(F)c4)CC3)nc2)cc1-c1ccc(C#N)cc1. The standard InChI is InChI=1S/C31H28FN5O2/c1-22-5-11-28(18-29(22)25-8-6-23(19-33)7-9-25)39-31(38)35-27-10-12-30(34-20-27)37-15-13-36(14-16-37)21-24-3-2-4-26(32)17-24/h2-12,17-18,20H,13-16,21H2,1H3,(H,35,38). The lowest BCUT2D eigenvalue weighted by molar-refractivity contribution is 0.215. The maximum Gasteiger partial charge on any atom is 0.417 e. The minimum Gasteiger partial charge on any atom is -0.410 e. The second-order valence-electron chi connectivity index (χ2n) is 9.48. The Morgan fingerprint density at radius 2 is 1.82 bits per heavy atom. The zero-order valence-corrected chi connectivity index (χ0v) is 21.6. The van der Waals surface area contributed by atoms with Gasteiger partial charge in [-0.2, -0.15) is 5.26 Å². The number of anilines is 2. The maximum absolute atomic E-state index is 13.5. The first-order valence-corrected chi connectivity index (χ1v) is 12.7. The van der Waals surface area contributed by atoms with Crippen LogP contribution in [0.4, 0.5) is 20.7 Å². The summed E-state index contributed by atoms with van der Waals surface area (Å²) in [5, 5.41) is 11.8. The van der Waals surface area contributed by atoms with Crippen molar-refractivity contribution in [3.8, 4) is 22.9 Å². The van der Waals surface area contributed by atoms with E-state index in [9.17, 15) is 9.18 Å². The number of carbonyl (C=O) groups excluding carboxylic acids is 1. The van der Waals surface area contributed by atoms with Crippen molar-refractivity contribution in [2.75, 3.05) is 36.4 Å². The molecule has 7 nitrogen and oxygen atoms in total. The van der Waals surface area contributed by atoms with Crippen molar-refractivity contribution in [3.05, 3.63) is 108 Å². The highest BCUT2D eigenvalue weighted by molar-refractivity contribution is 5.86. The van der Waals surface area contributed by atoms with E-state index in [1.165, 1.54) is 6.07 Å². The van der Waals surface area contributed by atoms with E-state index in [0.717, 1.165) is 60.8 Å². The number of halogens is 1. The summed E-state index contributed by atoms with van der Waals surface area (Å²) in [4.78, 5) is 21.6. The molecule has 4 aromatic rings. The number of hydrogen-bond acceptors (Lipinski definition) is 6. The fourth-order valence-electron chi connectivity index (χ4n) is 4.63. The largest absolute Gasteiger partial charge is 0.417 e. The van der Waals surface area contributed by atoms with Gasteiger partial charge in [0.2, 0.25) is 0 Å². The van der Waals surface area contributed by atoms with Crippen molar-refractivity contribution in [2.24, 2.45) is 0 Å². The topological polar surface area (TPSA) is 81.5 Å². The summed E-state index contributed by atoms with van der Waals surface area (Å²) in [6.07, 6.45) is 1.01. The molecule has 1 N–H and O–H groups in total. The zero-order valence-electron chi connectivity index (χ0n) is 21.6. The lowest BCUT2D eigenvalue weighted by Crippen LogP contribution is -2.46. The van der Waals surface area contributed by atoms with E-state index in [-0.39, 0.29) is 5.82 Å². The average Bonchev–Trinajstić information content (AvgIpc) is 2.95. The van der Waals surface area contributed by atoms with Crippen LogP contribution in [-0.4, -0.2) is 42.2 Å². The van der Waals surface area contributed by atoms with Gasteiger partial charge in [0, 0.05) is 32.7 Å². The van der Waals surface area contributed by atoms with Gasteiger partial charge in [-0.3, -0.25) is 10.2 Å². The first-order chi connectivity index (χ1) is 19.0. The molecule has 196 valence electrons. The minimum absolute atomic E-state index is 0.209. The van der Waals surface area contributed by atoms with Crippen LogP contribution in [0.2, 0.25) is 0 Å². The third-order valence-corrected chi connectivity index (χ3v) is 6.73. The van der Waals surface area contributed by atoms with Crippen LogP contribution in [0, 0.1) is 24.1 Å². The van der Waals surface area contributed by atoms with Crippen LogP contribution in [0.3, 0.4) is 0 Å². The molecule has 0 spiro atoms. The van der Waals surface area contributed by atoms with E-state index in [0.29, 0.717) is 17.0 Å². The van der Waals surface area contributed by atoms with Crippen molar-refractivity contribution in [1.82, 2.24) is 9.88 Å². The Bertz CT molecular complexity index is 1490. The van der Waals surface area contributed by atoms with Crippen LogP contribution in [0.15, 0.2) is 85.1 Å². The Hall–Kier alpha value is -4.74. The number of nitrogens with zero attached hydrogens (tertiary/aromatic N) is 4. The lowest BCUT2D eigenvalue weighted by atomic mass is 9.99. The summed E-state index contributed by atoms with van der Waals surface area (Å²) in [6.45, 7) is 6.03. The molecule has 0 aliphatic carbocycles. The van der Waals surface area contributed by atoms with Gasteiger partial charge in [-0.15, -0.1) is 0 Å². The second kappa shape index (κ2) is 11.8. The van der Waals surface area contributed by atoms with Crippen molar-refractivity contribution >= 4 is 17.6 Å². The number of rotatable bonds is 6. The van der Waals surface area contributed by atoms with Crippen LogP contribution >= 0.6 is 0 Å². The summed E-state index contributed by atoms with van der Waals surface area (Å²) in [5.74, 6) is 1.04. The summed E-state index contributed by atoms with van der Waals surface area (Å²) in [5.41, 5.74) is 4.99. The fraction of sp³-hybridized carbons (Fsp3) is 0.194. The van der Waals surface area contributed by atoms with Crippen LogP contribution in [0.25, 0.3) is 11.1 Å². The zero-order chi connectivity index (χ0) is 27.2. The molecule has 3 aromatic carbocycles. The minimum atomic E-state index is -0.606. The molecular formula is C31H28FN5O2. The molecule has 1 saturated heterocycles. The van der Waals surface area contributed by atoms with Gasteiger partial charge in [0.25, 0.3) is 0 Å². The van der Waals surface area contributed by atoms with Crippen LogP contribution in [-0.2, 0) is 6.54 Å². The van der Waals surface area contributed by atoms with Crippen molar-refractivity contribution in [1.29, 1.82) is 5.26 Å². The smallest absolute Gasteiger partial charge is 0.410 e. The molecule has 1 amide bonds. The first kappa shape index (κ1) is 25.9. The molecule has 1 aromatic heterocycles. The molecule has 5 rings (SSSR count). The van der Waals surface area contributed by atoms with Crippen LogP contribution in [0.1, 0.15) is 16.7 Å². The number of hydrogen-bond donors (Lipinski definition) is 1. The van der Waals surface area contributed by atoms with Crippen molar-refractivity contribution in [2.45, 2.75) is 13.5 Å². The van der Waals surface area contributed by atoms with Gasteiger partial charge in [-0.05, 0) is 77.7 Å². The number of aryl methyl sites for hydroxylation is 1. The third kappa shape index (κ3) is 6.58. The Labute approximate surface area is 227 Å². The number of benzene rings is 3. The van der Waals surface area contributed by atoms with E-state index >= 15 is 0 Å². The Balaban J connectivity index is 1.14. The van der Waals surface area contributed by atoms with E-state index < -0.39 is 6.09 Å². The molecule has 0 unspecified atom stereocenters.